The third-order valence-corrected chi connectivity index (χ3v) is 9.19. The standard InChI is InChI=1S/C38H38F6/c1-7-8-9-10-11-27-19-26(6)31(21-33(27)38(42,43)44)36(30-20-32(37(39,40)41)25(5)18-24(30)4)34-16-22(2)12-14-28(34)29-15-13-23(3)17-35(29)36/h12-21H,7-11H2,1-6H3. The van der Waals surface area contributed by atoms with Gasteiger partial charge in [-0.15, -0.1) is 0 Å². The van der Waals surface area contributed by atoms with Crippen LogP contribution in [0.25, 0.3) is 11.1 Å². The molecule has 0 saturated heterocycles. The summed E-state index contributed by atoms with van der Waals surface area (Å²) in [6.07, 6.45) is -5.59. The molecule has 0 N–H and O–H groups in total. The van der Waals surface area contributed by atoms with Crippen LogP contribution in [0, 0.1) is 34.6 Å². The molecule has 0 aromatic heterocycles. The van der Waals surface area contributed by atoms with E-state index in [4.69, 9.17) is 0 Å². The van der Waals surface area contributed by atoms with Crippen molar-refractivity contribution in [2.45, 2.75) is 91.4 Å². The van der Waals surface area contributed by atoms with Crippen molar-refractivity contribution in [2.24, 2.45) is 0 Å². The van der Waals surface area contributed by atoms with Crippen molar-refractivity contribution in [1.82, 2.24) is 0 Å². The highest BCUT2D eigenvalue weighted by atomic mass is 19.4. The van der Waals surface area contributed by atoms with Crippen molar-refractivity contribution in [1.29, 1.82) is 0 Å². The van der Waals surface area contributed by atoms with Gasteiger partial charge in [0.15, 0.2) is 0 Å². The maximum atomic E-state index is 14.9. The predicted molar refractivity (Wildman–Crippen MR) is 165 cm³/mol. The van der Waals surface area contributed by atoms with Crippen molar-refractivity contribution in [3.8, 4) is 11.1 Å². The van der Waals surface area contributed by atoms with E-state index >= 15 is 0 Å². The number of rotatable bonds is 7. The number of hydrogen-bond acceptors (Lipinski definition) is 0. The minimum Gasteiger partial charge on any atom is -0.166 e. The van der Waals surface area contributed by atoms with Gasteiger partial charge in [-0.3, -0.25) is 0 Å². The molecule has 44 heavy (non-hydrogen) atoms. The summed E-state index contributed by atoms with van der Waals surface area (Å²) in [6.45, 7) is 10.8. The molecule has 4 aromatic rings. The van der Waals surface area contributed by atoms with E-state index < -0.39 is 28.9 Å². The molecule has 0 saturated carbocycles. The van der Waals surface area contributed by atoms with E-state index in [0.717, 1.165) is 41.5 Å². The normalized spacial score (nSPS) is 14.1. The summed E-state index contributed by atoms with van der Waals surface area (Å²) in [5.74, 6) is 0. The van der Waals surface area contributed by atoms with Crippen LogP contribution in [0.15, 0.2) is 60.7 Å². The van der Waals surface area contributed by atoms with Gasteiger partial charge in [0.25, 0.3) is 0 Å². The quantitative estimate of drug-likeness (QED) is 0.127. The van der Waals surface area contributed by atoms with Crippen LogP contribution < -0.4 is 0 Å². The SMILES string of the molecule is CCCCCCc1cc(C)c(C2(c3cc(C(F)(F)F)c(C)cc3C)c3cc(C)ccc3-c3ccc(C)cc32)cc1C(F)(F)F. The van der Waals surface area contributed by atoms with E-state index in [-0.39, 0.29) is 17.5 Å². The lowest BCUT2D eigenvalue weighted by Crippen LogP contribution is -2.32. The third kappa shape index (κ3) is 5.35. The van der Waals surface area contributed by atoms with Crippen molar-refractivity contribution >= 4 is 0 Å². The molecule has 0 unspecified atom stereocenters. The average molecular weight is 609 g/mol. The van der Waals surface area contributed by atoms with Crippen LogP contribution in [0.2, 0.25) is 0 Å². The number of alkyl halides is 6. The van der Waals surface area contributed by atoms with Crippen LogP contribution >= 0.6 is 0 Å². The lowest BCUT2D eigenvalue weighted by atomic mass is 9.64. The number of halogens is 6. The highest BCUT2D eigenvalue weighted by Crippen LogP contribution is 2.59. The zero-order valence-corrected chi connectivity index (χ0v) is 26.1. The Morgan fingerprint density at radius 3 is 1.52 bits per heavy atom. The Labute approximate surface area is 256 Å². The van der Waals surface area contributed by atoms with Crippen LogP contribution in [0.3, 0.4) is 0 Å². The maximum Gasteiger partial charge on any atom is 0.416 e. The molecule has 1 aliphatic carbocycles. The lowest BCUT2D eigenvalue weighted by Gasteiger charge is -2.38. The lowest BCUT2D eigenvalue weighted by molar-refractivity contribution is -0.139. The van der Waals surface area contributed by atoms with Crippen molar-refractivity contribution in [3.63, 3.8) is 0 Å². The molecule has 6 heteroatoms. The zero-order valence-electron chi connectivity index (χ0n) is 26.1. The zero-order chi connectivity index (χ0) is 32.2. The molecule has 0 amide bonds. The Bertz CT molecular complexity index is 1670. The minimum atomic E-state index is -4.63. The Morgan fingerprint density at radius 2 is 1.02 bits per heavy atom. The summed E-state index contributed by atoms with van der Waals surface area (Å²) in [7, 11) is 0. The molecule has 0 spiro atoms. The summed E-state index contributed by atoms with van der Waals surface area (Å²) in [5, 5.41) is 0. The first-order valence-electron chi connectivity index (χ1n) is 15.2. The summed E-state index contributed by atoms with van der Waals surface area (Å²) < 4.78 is 88.0. The Balaban J connectivity index is 1.96. The second kappa shape index (κ2) is 11.4. The van der Waals surface area contributed by atoms with E-state index in [9.17, 15) is 26.3 Å². The van der Waals surface area contributed by atoms with E-state index in [0.29, 0.717) is 39.8 Å². The van der Waals surface area contributed by atoms with Gasteiger partial charge in [-0.2, -0.15) is 26.3 Å². The second-order valence-corrected chi connectivity index (χ2v) is 12.5. The van der Waals surface area contributed by atoms with Crippen LogP contribution in [0.1, 0.15) is 99.4 Å². The minimum absolute atomic E-state index is 0.0796. The van der Waals surface area contributed by atoms with Crippen LogP contribution in [-0.4, -0.2) is 0 Å². The van der Waals surface area contributed by atoms with E-state index in [2.05, 4.69) is 6.92 Å². The monoisotopic (exact) mass is 608 g/mol. The van der Waals surface area contributed by atoms with Crippen molar-refractivity contribution in [2.75, 3.05) is 0 Å². The van der Waals surface area contributed by atoms with E-state index in [1.807, 2.05) is 50.2 Å². The van der Waals surface area contributed by atoms with Gasteiger partial charge in [0, 0.05) is 0 Å². The summed E-state index contributed by atoms with van der Waals surface area (Å²) in [4.78, 5) is 0. The number of aryl methyl sites for hydroxylation is 6. The molecule has 0 fully saturated rings. The smallest absolute Gasteiger partial charge is 0.166 e. The van der Waals surface area contributed by atoms with E-state index in [1.165, 1.54) is 25.1 Å². The fraction of sp³-hybridized carbons (Fsp3) is 0.368. The van der Waals surface area contributed by atoms with Gasteiger partial charge in [0.1, 0.15) is 0 Å². The van der Waals surface area contributed by atoms with Gasteiger partial charge in [-0.25, -0.2) is 0 Å². The highest BCUT2D eigenvalue weighted by Gasteiger charge is 2.50. The summed E-state index contributed by atoms with van der Waals surface area (Å²) in [5.41, 5.74) is 4.11. The summed E-state index contributed by atoms with van der Waals surface area (Å²) in [6, 6.07) is 17.2. The predicted octanol–water partition coefficient (Wildman–Crippen LogP) is 11.8. The molecule has 0 heterocycles. The fourth-order valence-electron chi connectivity index (χ4n) is 7.22. The van der Waals surface area contributed by atoms with Gasteiger partial charge >= 0.3 is 12.4 Å². The largest absolute Gasteiger partial charge is 0.416 e. The molecular weight excluding hydrogens is 570 g/mol. The maximum absolute atomic E-state index is 14.9. The number of unbranched alkanes of at least 4 members (excludes halogenated alkanes) is 3. The molecule has 5 rings (SSSR count). The highest BCUT2D eigenvalue weighted by molar-refractivity contribution is 5.87. The van der Waals surface area contributed by atoms with E-state index in [1.54, 1.807) is 19.9 Å². The van der Waals surface area contributed by atoms with Gasteiger partial charge < -0.3 is 0 Å². The third-order valence-electron chi connectivity index (χ3n) is 9.19. The molecule has 0 aliphatic heterocycles. The average Bonchev–Trinajstić information content (AvgIpc) is 3.19. The van der Waals surface area contributed by atoms with Gasteiger partial charge in [0.2, 0.25) is 0 Å². The van der Waals surface area contributed by atoms with Gasteiger partial charge in [-0.05, 0) is 115 Å². The molecule has 1 aliphatic rings. The molecule has 0 atom stereocenters. The molecule has 232 valence electrons. The van der Waals surface area contributed by atoms with Crippen LogP contribution in [0.4, 0.5) is 26.3 Å². The molecule has 0 nitrogen and oxygen atoms in total. The topological polar surface area (TPSA) is 0 Å². The van der Waals surface area contributed by atoms with Crippen molar-refractivity contribution < 1.29 is 26.3 Å². The molecular formula is C38H38F6. The molecule has 4 aromatic carbocycles. The van der Waals surface area contributed by atoms with Gasteiger partial charge in [0.05, 0.1) is 16.5 Å². The number of hydrogen-bond donors (Lipinski definition) is 0. The molecule has 0 bridgehead atoms. The first-order valence-corrected chi connectivity index (χ1v) is 15.2. The first-order chi connectivity index (χ1) is 20.6. The Hall–Kier alpha value is -3.54. The molecule has 0 radical (unpaired) electrons. The van der Waals surface area contributed by atoms with Crippen molar-refractivity contribution in [3.05, 3.63) is 127 Å². The fourth-order valence-corrected chi connectivity index (χ4v) is 7.22. The number of benzene rings is 4. The first kappa shape index (κ1) is 31.9. The van der Waals surface area contributed by atoms with Crippen LogP contribution in [0.5, 0.6) is 0 Å². The summed E-state index contributed by atoms with van der Waals surface area (Å²) >= 11 is 0. The van der Waals surface area contributed by atoms with Gasteiger partial charge in [-0.1, -0.05) is 85.8 Å². The Kier molecular flexibility index (Phi) is 8.28. The number of fused-ring (bicyclic) bond motifs is 3. The second-order valence-electron chi connectivity index (χ2n) is 12.5. The Morgan fingerprint density at radius 1 is 0.523 bits per heavy atom. The van der Waals surface area contributed by atoms with Crippen LogP contribution in [-0.2, 0) is 24.2 Å².